The molecule has 1 aliphatic heterocycles. The second-order valence-corrected chi connectivity index (χ2v) is 4.97. The van der Waals surface area contributed by atoms with Crippen molar-refractivity contribution in [2.24, 2.45) is 0 Å². The fourth-order valence-corrected chi connectivity index (χ4v) is 2.22. The molecule has 0 aliphatic carbocycles. The van der Waals surface area contributed by atoms with Crippen LogP contribution in [0.5, 0.6) is 5.75 Å². The van der Waals surface area contributed by atoms with E-state index in [1.165, 1.54) is 11.1 Å². The fraction of sp³-hybridized carbons (Fsp3) is 0.571. The lowest BCUT2D eigenvalue weighted by molar-refractivity contribution is -0.0184. The third-order valence-corrected chi connectivity index (χ3v) is 3.56. The quantitative estimate of drug-likeness (QED) is 0.847. The molecule has 0 saturated carbocycles. The molecule has 3 heteroatoms. The van der Waals surface area contributed by atoms with Crippen molar-refractivity contribution < 1.29 is 9.84 Å². The first kappa shape index (κ1) is 12.4. The van der Waals surface area contributed by atoms with Gasteiger partial charge in [-0.2, -0.15) is 0 Å². The third-order valence-electron chi connectivity index (χ3n) is 3.56. The van der Waals surface area contributed by atoms with Gasteiger partial charge in [0.05, 0.1) is 0 Å². The van der Waals surface area contributed by atoms with Crippen molar-refractivity contribution in [3.05, 3.63) is 29.3 Å². The van der Waals surface area contributed by atoms with Gasteiger partial charge in [-0.15, -0.1) is 0 Å². The average Bonchev–Trinajstić information content (AvgIpc) is 2.28. The van der Waals surface area contributed by atoms with Crippen LogP contribution in [0.1, 0.15) is 17.5 Å². The molecule has 1 N–H and O–H groups in total. The monoisotopic (exact) mass is 235 g/mol. The molecule has 94 valence electrons. The molecule has 1 aliphatic rings. The van der Waals surface area contributed by atoms with Gasteiger partial charge >= 0.3 is 0 Å². The number of aliphatic hydroxyl groups is 1. The fourth-order valence-electron chi connectivity index (χ4n) is 2.22. The third kappa shape index (κ3) is 2.79. The minimum absolute atomic E-state index is 0.0771. The molecule has 0 bridgehead atoms. The SMILES string of the molecule is Cc1cccc(O[C@H]2CCN(C)C[C@@H]2O)c1C. The average molecular weight is 235 g/mol. The molecule has 0 amide bonds. The zero-order valence-corrected chi connectivity index (χ0v) is 10.8. The summed E-state index contributed by atoms with van der Waals surface area (Å²) >= 11 is 0. The first-order valence-electron chi connectivity index (χ1n) is 6.17. The number of benzene rings is 1. The molecule has 17 heavy (non-hydrogen) atoms. The Balaban J connectivity index is 2.08. The molecule has 1 saturated heterocycles. The van der Waals surface area contributed by atoms with Crippen LogP contribution >= 0.6 is 0 Å². The molecule has 0 spiro atoms. The molecule has 1 aromatic carbocycles. The maximum atomic E-state index is 9.99. The van der Waals surface area contributed by atoms with Crippen molar-refractivity contribution in [1.29, 1.82) is 0 Å². The molecular weight excluding hydrogens is 214 g/mol. The van der Waals surface area contributed by atoms with Crippen molar-refractivity contribution in [3.63, 3.8) is 0 Å². The molecule has 0 aromatic heterocycles. The van der Waals surface area contributed by atoms with E-state index in [0.717, 1.165) is 18.7 Å². The van der Waals surface area contributed by atoms with Crippen molar-refractivity contribution in [2.45, 2.75) is 32.5 Å². The predicted octanol–water partition coefficient (Wildman–Crippen LogP) is 1.75. The first-order valence-corrected chi connectivity index (χ1v) is 6.17. The highest BCUT2D eigenvalue weighted by atomic mass is 16.5. The maximum absolute atomic E-state index is 9.99. The van der Waals surface area contributed by atoms with Gasteiger partial charge in [-0.1, -0.05) is 12.1 Å². The van der Waals surface area contributed by atoms with Crippen LogP contribution in [-0.4, -0.2) is 42.4 Å². The van der Waals surface area contributed by atoms with Crippen LogP contribution in [0.2, 0.25) is 0 Å². The number of ether oxygens (including phenoxy) is 1. The van der Waals surface area contributed by atoms with E-state index in [9.17, 15) is 5.11 Å². The largest absolute Gasteiger partial charge is 0.487 e. The molecule has 1 fully saturated rings. The Morgan fingerprint density at radius 3 is 2.82 bits per heavy atom. The number of nitrogens with zero attached hydrogens (tertiary/aromatic N) is 1. The smallest absolute Gasteiger partial charge is 0.127 e. The summed E-state index contributed by atoms with van der Waals surface area (Å²) in [5, 5.41) is 9.99. The van der Waals surface area contributed by atoms with Crippen LogP contribution in [0.3, 0.4) is 0 Å². The van der Waals surface area contributed by atoms with E-state index in [-0.39, 0.29) is 6.10 Å². The number of rotatable bonds is 2. The Morgan fingerprint density at radius 2 is 2.12 bits per heavy atom. The highest BCUT2D eigenvalue weighted by Crippen LogP contribution is 2.24. The summed E-state index contributed by atoms with van der Waals surface area (Å²) in [7, 11) is 2.03. The summed E-state index contributed by atoms with van der Waals surface area (Å²) in [6.07, 6.45) is 0.408. The number of aryl methyl sites for hydroxylation is 1. The Morgan fingerprint density at radius 1 is 1.35 bits per heavy atom. The highest BCUT2D eigenvalue weighted by molar-refractivity contribution is 5.38. The summed E-state index contributed by atoms with van der Waals surface area (Å²) in [5.41, 5.74) is 2.39. The van der Waals surface area contributed by atoms with Gasteiger partial charge in [0.25, 0.3) is 0 Å². The van der Waals surface area contributed by atoms with Crippen LogP contribution < -0.4 is 4.74 Å². The lowest BCUT2D eigenvalue weighted by Gasteiger charge is -2.34. The predicted molar refractivity (Wildman–Crippen MR) is 68.5 cm³/mol. The van der Waals surface area contributed by atoms with Crippen LogP contribution in [0.25, 0.3) is 0 Å². The van der Waals surface area contributed by atoms with E-state index in [1.54, 1.807) is 0 Å². The summed E-state index contributed by atoms with van der Waals surface area (Å²) in [4.78, 5) is 2.13. The maximum Gasteiger partial charge on any atom is 0.127 e. The van der Waals surface area contributed by atoms with Crippen LogP contribution in [0, 0.1) is 13.8 Å². The Bertz CT molecular complexity index is 392. The number of likely N-dealkylation sites (tertiary alicyclic amines) is 1. The molecule has 1 aromatic rings. The van der Waals surface area contributed by atoms with Gasteiger partial charge in [0.1, 0.15) is 18.0 Å². The van der Waals surface area contributed by atoms with Crippen molar-refractivity contribution in [1.82, 2.24) is 4.90 Å². The number of hydrogen-bond acceptors (Lipinski definition) is 3. The molecule has 0 unspecified atom stereocenters. The number of aliphatic hydroxyl groups excluding tert-OH is 1. The van der Waals surface area contributed by atoms with Gasteiger partial charge < -0.3 is 14.7 Å². The van der Waals surface area contributed by atoms with Gasteiger partial charge in [0, 0.05) is 13.1 Å². The van der Waals surface area contributed by atoms with Gasteiger partial charge in [0.15, 0.2) is 0 Å². The summed E-state index contributed by atoms with van der Waals surface area (Å²) in [5.74, 6) is 0.901. The van der Waals surface area contributed by atoms with E-state index in [2.05, 4.69) is 24.8 Å². The van der Waals surface area contributed by atoms with Crippen LogP contribution in [0.4, 0.5) is 0 Å². The summed E-state index contributed by atoms with van der Waals surface area (Å²) in [6.45, 7) is 5.81. The van der Waals surface area contributed by atoms with Crippen LogP contribution in [0.15, 0.2) is 18.2 Å². The minimum atomic E-state index is -0.395. The normalized spacial score (nSPS) is 25.9. The van der Waals surface area contributed by atoms with Crippen LogP contribution in [-0.2, 0) is 0 Å². The van der Waals surface area contributed by atoms with Crippen molar-refractivity contribution >= 4 is 0 Å². The van der Waals surface area contributed by atoms with E-state index < -0.39 is 6.10 Å². The van der Waals surface area contributed by atoms with Crippen molar-refractivity contribution in [2.75, 3.05) is 20.1 Å². The Kier molecular flexibility index (Phi) is 3.69. The lowest BCUT2D eigenvalue weighted by Crippen LogP contribution is -2.47. The standard InChI is InChI=1S/C14H21NO2/c1-10-5-4-6-13(11(10)2)17-14-7-8-15(3)9-12(14)16/h4-6,12,14,16H,7-9H2,1-3H3/t12-,14-/m0/s1. The van der Waals surface area contributed by atoms with Gasteiger partial charge in [-0.3, -0.25) is 0 Å². The molecule has 2 atom stereocenters. The zero-order chi connectivity index (χ0) is 12.4. The van der Waals surface area contributed by atoms with Crippen molar-refractivity contribution in [3.8, 4) is 5.75 Å². The number of piperidine rings is 1. The highest BCUT2D eigenvalue weighted by Gasteiger charge is 2.27. The van der Waals surface area contributed by atoms with E-state index in [0.29, 0.717) is 6.54 Å². The molecule has 0 radical (unpaired) electrons. The van der Waals surface area contributed by atoms with Gasteiger partial charge in [-0.25, -0.2) is 0 Å². The zero-order valence-electron chi connectivity index (χ0n) is 10.8. The second kappa shape index (κ2) is 5.07. The summed E-state index contributed by atoms with van der Waals surface area (Å²) < 4.78 is 5.95. The van der Waals surface area contributed by atoms with E-state index >= 15 is 0 Å². The van der Waals surface area contributed by atoms with E-state index in [4.69, 9.17) is 4.74 Å². The molecular formula is C14H21NO2. The Labute approximate surface area is 103 Å². The molecule has 1 heterocycles. The molecule has 3 nitrogen and oxygen atoms in total. The number of β-amino-alcohol motifs (C(OH)–C–C–N with tert-alkyl or cyclic N) is 1. The number of hydrogen-bond donors (Lipinski definition) is 1. The van der Waals surface area contributed by atoms with E-state index in [1.807, 2.05) is 19.2 Å². The minimum Gasteiger partial charge on any atom is -0.487 e. The first-order chi connectivity index (χ1) is 8.08. The second-order valence-electron chi connectivity index (χ2n) is 4.97. The number of likely N-dealkylation sites (N-methyl/N-ethyl adjacent to an activating group) is 1. The summed E-state index contributed by atoms with van der Waals surface area (Å²) in [6, 6.07) is 6.06. The molecule has 2 rings (SSSR count). The lowest BCUT2D eigenvalue weighted by atomic mass is 10.0. The van der Waals surface area contributed by atoms with Gasteiger partial charge in [-0.05, 0) is 44.5 Å². The Hall–Kier alpha value is -1.06. The van der Waals surface area contributed by atoms with Gasteiger partial charge in [0.2, 0.25) is 0 Å². The topological polar surface area (TPSA) is 32.7 Å².